The molecular weight excluding hydrogens is 223 g/mol. The van der Waals surface area contributed by atoms with Crippen molar-refractivity contribution in [3.63, 3.8) is 0 Å². The number of cyclic esters (lactones) is 2. The standard InChI is InChI=1S/C5H5ClO8/c6-2(8)12-5(11)4(10,1-7)13-3(9)14-5/h7,10-11H,1H2. The van der Waals surface area contributed by atoms with Crippen LogP contribution >= 0.6 is 11.6 Å². The van der Waals surface area contributed by atoms with E-state index in [-0.39, 0.29) is 0 Å². The van der Waals surface area contributed by atoms with Gasteiger partial charge in [0, 0.05) is 11.6 Å². The summed E-state index contributed by atoms with van der Waals surface area (Å²) in [7, 11) is 0. The Kier molecular flexibility index (Phi) is 2.54. The Balaban J connectivity index is 2.94. The molecule has 80 valence electrons. The molecule has 0 saturated carbocycles. The SMILES string of the molecule is O=C(Cl)OC1(O)OC(=O)OC1(O)CO. The van der Waals surface area contributed by atoms with E-state index in [1.54, 1.807) is 0 Å². The summed E-state index contributed by atoms with van der Waals surface area (Å²) in [5.74, 6) is -6.05. The zero-order chi connectivity index (χ0) is 11.0. The fraction of sp³-hybridized carbons (Fsp3) is 0.600. The molecule has 0 aliphatic carbocycles. The molecule has 0 aromatic rings. The number of ether oxygens (including phenoxy) is 3. The maximum atomic E-state index is 10.5. The summed E-state index contributed by atoms with van der Waals surface area (Å²) in [5, 5.41) is 27.1. The highest BCUT2D eigenvalue weighted by Crippen LogP contribution is 2.34. The van der Waals surface area contributed by atoms with Gasteiger partial charge >= 0.3 is 23.3 Å². The quantitative estimate of drug-likeness (QED) is 0.308. The van der Waals surface area contributed by atoms with E-state index < -0.39 is 30.0 Å². The molecule has 1 fully saturated rings. The van der Waals surface area contributed by atoms with Crippen LogP contribution in [0, 0.1) is 0 Å². The van der Waals surface area contributed by atoms with E-state index in [1.807, 2.05) is 0 Å². The van der Waals surface area contributed by atoms with Gasteiger partial charge in [-0.15, -0.1) is 0 Å². The predicted molar refractivity (Wildman–Crippen MR) is 36.9 cm³/mol. The first-order chi connectivity index (χ1) is 6.33. The van der Waals surface area contributed by atoms with E-state index in [9.17, 15) is 19.8 Å². The molecule has 3 N–H and O–H groups in total. The topological polar surface area (TPSA) is 123 Å². The molecule has 0 aromatic carbocycles. The van der Waals surface area contributed by atoms with Crippen molar-refractivity contribution < 1.29 is 39.1 Å². The highest BCUT2D eigenvalue weighted by molar-refractivity contribution is 6.61. The summed E-state index contributed by atoms with van der Waals surface area (Å²) in [6, 6.07) is 0. The second-order valence-electron chi connectivity index (χ2n) is 2.32. The van der Waals surface area contributed by atoms with Gasteiger partial charge in [-0.2, -0.15) is 0 Å². The summed E-state index contributed by atoms with van der Waals surface area (Å²) in [5.41, 5.74) is -1.56. The van der Waals surface area contributed by atoms with Crippen molar-refractivity contribution in [1.29, 1.82) is 0 Å². The van der Waals surface area contributed by atoms with Gasteiger partial charge < -0.3 is 29.5 Å². The molecule has 1 aliphatic rings. The Morgan fingerprint density at radius 1 is 1.50 bits per heavy atom. The molecule has 9 heteroatoms. The van der Waals surface area contributed by atoms with Crippen LogP contribution in [0.2, 0.25) is 0 Å². The van der Waals surface area contributed by atoms with Gasteiger partial charge in [-0.25, -0.2) is 9.59 Å². The summed E-state index contributed by atoms with van der Waals surface area (Å²) < 4.78 is 11.8. The smallest absolute Gasteiger partial charge is 0.389 e. The molecule has 0 radical (unpaired) electrons. The Labute approximate surface area is 81.5 Å². The number of rotatable bonds is 2. The normalized spacial score (nSPS) is 36.1. The Bertz CT molecular complexity index is 279. The minimum atomic E-state index is -3.16. The van der Waals surface area contributed by atoms with Gasteiger partial charge in [-0.1, -0.05) is 0 Å². The van der Waals surface area contributed by atoms with Crippen LogP contribution in [-0.4, -0.2) is 45.3 Å². The summed E-state index contributed by atoms with van der Waals surface area (Å²) in [6.45, 7) is -1.25. The van der Waals surface area contributed by atoms with Crippen molar-refractivity contribution >= 4 is 23.2 Å². The minimum absolute atomic E-state index is 1.25. The van der Waals surface area contributed by atoms with E-state index in [1.165, 1.54) is 0 Å². The largest absolute Gasteiger partial charge is 0.516 e. The van der Waals surface area contributed by atoms with Crippen LogP contribution in [0.15, 0.2) is 0 Å². The third-order valence-electron chi connectivity index (χ3n) is 1.40. The van der Waals surface area contributed by atoms with Gasteiger partial charge in [-0.3, -0.25) is 0 Å². The molecule has 1 saturated heterocycles. The zero-order valence-electron chi connectivity index (χ0n) is 6.47. The molecule has 0 bridgehead atoms. The van der Waals surface area contributed by atoms with Crippen LogP contribution < -0.4 is 0 Å². The highest BCUT2D eigenvalue weighted by atomic mass is 35.5. The van der Waals surface area contributed by atoms with Crippen LogP contribution in [0.3, 0.4) is 0 Å². The van der Waals surface area contributed by atoms with Crippen LogP contribution in [0.1, 0.15) is 0 Å². The van der Waals surface area contributed by atoms with E-state index in [4.69, 9.17) is 16.7 Å². The number of hydrogen-bond acceptors (Lipinski definition) is 8. The number of hydrogen-bond donors (Lipinski definition) is 3. The lowest BCUT2D eigenvalue weighted by molar-refractivity contribution is -0.394. The first-order valence-corrected chi connectivity index (χ1v) is 3.57. The van der Waals surface area contributed by atoms with Crippen molar-refractivity contribution in [2.24, 2.45) is 0 Å². The van der Waals surface area contributed by atoms with E-state index >= 15 is 0 Å². The molecule has 1 rings (SSSR count). The lowest BCUT2D eigenvalue weighted by Crippen LogP contribution is -2.56. The van der Waals surface area contributed by atoms with E-state index in [0.29, 0.717) is 0 Å². The lowest BCUT2D eigenvalue weighted by Gasteiger charge is -2.27. The van der Waals surface area contributed by atoms with Gasteiger partial charge in [0.15, 0.2) is 0 Å². The summed E-state index contributed by atoms with van der Waals surface area (Å²) >= 11 is 4.72. The second-order valence-corrected chi connectivity index (χ2v) is 2.63. The monoisotopic (exact) mass is 228 g/mol. The molecule has 14 heavy (non-hydrogen) atoms. The Morgan fingerprint density at radius 3 is 2.50 bits per heavy atom. The number of carbonyl (C=O) groups excluding carboxylic acids is 2. The average Bonchev–Trinajstić information content (AvgIpc) is 2.21. The number of halogens is 1. The number of carbonyl (C=O) groups is 2. The van der Waals surface area contributed by atoms with Crippen LogP contribution in [0.25, 0.3) is 0 Å². The molecule has 2 atom stereocenters. The number of aliphatic hydroxyl groups is 3. The Morgan fingerprint density at radius 2 is 2.07 bits per heavy atom. The molecule has 0 aromatic heterocycles. The average molecular weight is 229 g/mol. The molecule has 2 unspecified atom stereocenters. The first kappa shape index (κ1) is 11.0. The molecule has 1 aliphatic heterocycles. The lowest BCUT2D eigenvalue weighted by atomic mass is 10.2. The zero-order valence-corrected chi connectivity index (χ0v) is 7.22. The maximum absolute atomic E-state index is 10.5. The van der Waals surface area contributed by atoms with Crippen LogP contribution in [0.5, 0.6) is 0 Å². The van der Waals surface area contributed by atoms with Gasteiger partial charge in [0.2, 0.25) is 0 Å². The van der Waals surface area contributed by atoms with Crippen molar-refractivity contribution in [2.75, 3.05) is 6.61 Å². The van der Waals surface area contributed by atoms with Crippen molar-refractivity contribution in [1.82, 2.24) is 0 Å². The Hall–Kier alpha value is -1.09. The van der Waals surface area contributed by atoms with Crippen LogP contribution in [-0.2, 0) is 14.2 Å². The first-order valence-electron chi connectivity index (χ1n) is 3.19. The fourth-order valence-corrected chi connectivity index (χ4v) is 0.862. The molecule has 0 amide bonds. The van der Waals surface area contributed by atoms with Crippen molar-refractivity contribution in [3.8, 4) is 0 Å². The maximum Gasteiger partial charge on any atom is 0.516 e. The van der Waals surface area contributed by atoms with Crippen molar-refractivity contribution in [2.45, 2.75) is 11.8 Å². The number of aliphatic hydroxyl groups excluding tert-OH is 1. The fourth-order valence-electron chi connectivity index (χ4n) is 0.757. The second kappa shape index (κ2) is 3.24. The minimum Gasteiger partial charge on any atom is -0.389 e. The van der Waals surface area contributed by atoms with Crippen LogP contribution in [0.4, 0.5) is 9.59 Å². The molecular formula is C5H5ClO8. The third kappa shape index (κ3) is 1.60. The van der Waals surface area contributed by atoms with Gasteiger partial charge in [-0.05, 0) is 0 Å². The van der Waals surface area contributed by atoms with Gasteiger partial charge in [0.25, 0.3) is 0 Å². The highest BCUT2D eigenvalue weighted by Gasteiger charge is 2.66. The van der Waals surface area contributed by atoms with E-state index in [0.717, 1.165) is 0 Å². The summed E-state index contributed by atoms with van der Waals surface area (Å²) in [4.78, 5) is 20.8. The van der Waals surface area contributed by atoms with Gasteiger partial charge in [0.05, 0.1) is 0 Å². The van der Waals surface area contributed by atoms with E-state index in [2.05, 4.69) is 14.2 Å². The molecule has 1 heterocycles. The predicted octanol–water partition coefficient (Wildman–Crippen LogP) is -1.14. The summed E-state index contributed by atoms with van der Waals surface area (Å²) in [6.07, 6.45) is -1.53. The van der Waals surface area contributed by atoms with Gasteiger partial charge in [0.1, 0.15) is 6.61 Å². The molecule has 8 nitrogen and oxygen atoms in total. The van der Waals surface area contributed by atoms with Crippen molar-refractivity contribution in [3.05, 3.63) is 0 Å². The molecule has 0 spiro atoms. The third-order valence-corrected chi connectivity index (χ3v) is 1.48.